The van der Waals surface area contributed by atoms with Crippen LogP contribution in [0.4, 0.5) is 0 Å². The second-order valence-corrected chi connectivity index (χ2v) is 3.92. The number of halogens is 1. The minimum atomic E-state index is 0. The number of hydrogen-bond donors (Lipinski definition) is 0. The summed E-state index contributed by atoms with van der Waals surface area (Å²) in [7, 11) is 6.79. The molecule has 1 saturated carbocycles. The zero-order chi connectivity index (χ0) is 6.20. The lowest BCUT2D eigenvalue weighted by Gasteiger charge is -2.23. The van der Waals surface area contributed by atoms with Gasteiger partial charge in [0.15, 0.2) is 0 Å². The Labute approximate surface area is 75.0 Å². The van der Waals surface area contributed by atoms with Crippen LogP contribution in [0.15, 0.2) is 0 Å². The van der Waals surface area contributed by atoms with Crippen molar-refractivity contribution >= 4 is 24.0 Å². The minimum Gasteiger partial charge on any atom is -0.331 e. The van der Waals surface area contributed by atoms with Gasteiger partial charge < -0.3 is 4.48 Å². The average Bonchev–Trinajstić information content (AvgIpc) is 2.12. The largest absolute Gasteiger partial charge is 0.331 e. The van der Waals surface area contributed by atoms with E-state index in [0.29, 0.717) is 0 Å². The van der Waals surface area contributed by atoms with Gasteiger partial charge in [-0.05, 0) is 12.8 Å². The molecule has 1 fully saturated rings. The Balaban J connectivity index is 0.000000640. The van der Waals surface area contributed by atoms with Gasteiger partial charge in [0.05, 0.1) is 27.7 Å². The number of quaternary nitrogens is 1. The van der Waals surface area contributed by atoms with E-state index in [1.54, 1.807) is 0 Å². The third-order valence-electron chi connectivity index (χ3n) is 1.50. The summed E-state index contributed by atoms with van der Waals surface area (Å²) in [6.07, 6.45) is 2.96. The van der Waals surface area contributed by atoms with Crippen LogP contribution in [-0.4, -0.2) is 32.2 Å². The van der Waals surface area contributed by atoms with Crippen LogP contribution in [0, 0.1) is 5.92 Å². The van der Waals surface area contributed by atoms with Gasteiger partial charge in [-0.1, -0.05) is 0 Å². The topological polar surface area (TPSA) is 0 Å². The van der Waals surface area contributed by atoms with E-state index in [0.717, 1.165) is 10.4 Å². The lowest BCUT2D eigenvalue weighted by atomic mass is 10.4. The lowest BCUT2D eigenvalue weighted by molar-refractivity contribution is -0.872. The van der Waals surface area contributed by atoms with Crippen LogP contribution in [0.25, 0.3) is 0 Å². The van der Waals surface area contributed by atoms with Crippen LogP contribution < -0.4 is 0 Å². The van der Waals surface area contributed by atoms with Gasteiger partial charge in [-0.15, -0.1) is 24.0 Å². The molecule has 0 radical (unpaired) electrons. The summed E-state index contributed by atoms with van der Waals surface area (Å²) in [6, 6.07) is 0. The van der Waals surface area contributed by atoms with Crippen LogP contribution in [0.5, 0.6) is 0 Å². The van der Waals surface area contributed by atoms with Crippen molar-refractivity contribution in [3.63, 3.8) is 0 Å². The highest BCUT2D eigenvalue weighted by Gasteiger charge is 2.27. The molecule has 0 N–H and O–H groups in total. The molecule has 1 aliphatic carbocycles. The zero-order valence-corrected chi connectivity index (χ0v) is 8.88. The van der Waals surface area contributed by atoms with Crippen molar-refractivity contribution in [3.8, 4) is 0 Å². The monoisotopic (exact) mass is 242 g/mol. The predicted molar refractivity (Wildman–Crippen MR) is 51.0 cm³/mol. The smallest absolute Gasteiger partial charge is 0.0809 e. The Bertz CT molecular complexity index is 81.4. The molecule has 0 bridgehead atoms. The SMILES string of the molecule is C[N+](C)(C)CC1CC1.I. The molecule has 1 rings (SSSR count). The zero-order valence-electron chi connectivity index (χ0n) is 6.55. The maximum Gasteiger partial charge on any atom is 0.0809 e. The van der Waals surface area contributed by atoms with Crippen molar-refractivity contribution in [2.75, 3.05) is 27.7 Å². The van der Waals surface area contributed by atoms with E-state index in [4.69, 9.17) is 0 Å². The van der Waals surface area contributed by atoms with Crippen molar-refractivity contribution in [2.45, 2.75) is 12.8 Å². The van der Waals surface area contributed by atoms with Crippen molar-refractivity contribution < 1.29 is 4.48 Å². The molecular formula is C7H17IN+. The summed E-state index contributed by atoms with van der Waals surface area (Å²) in [5.74, 6) is 1.06. The fraction of sp³-hybridized carbons (Fsp3) is 1.00. The fourth-order valence-electron chi connectivity index (χ4n) is 1.08. The van der Waals surface area contributed by atoms with Gasteiger partial charge in [-0.3, -0.25) is 0 Å². The Morgan fingerprint density at radius 2 is 1.67 bits per heavy atom. The summed E-state index contributed by atoms with van der Waals surface area (Å²) >= 11 is 0. The second kappa shape index (κ2) is 3.19. The Kier molecular flexibility index (Phi) is 3.44. The van der Waals surface area contributed by atoms with Crippen molar-refractivity contribution in [1.82, 2.24) is 0 Å². The summed E-state index contributed by atoms with van der Waals surface area (Å²) in [6.45, 7) is 1.38. The van der Waals surface area contributed by atoms with E-state index in [9.17, 15) is 0 Å². The Morgan fingerprint density at radius 3 is 1.78 bits per heavy atom. The molecule has 0 unspecified atom stereocenters. The van der Waals surface area contributed by atoms with Gasteiger partial charge in [0, 0.05) is 5.92 Å². The van der Waals surface area contributed by atoms with Crippen LogP contribution in [-0.2, 0) is 0 Å². The first-order valence-corrected chi connectivity index (χ1v) is 3.38. The first kappa shape index (κ1) is 9.69. The highest BCUT2D eigenvalue weighted by Crippen LogP contribution is 2.30. The van der Waals surface area contributed by atoms with E-state index in [1.807, 2.05) is 0 Å². The van der Waals surface area contributed by atoms with Gasteiger partial charge in [-0.2, -0.15) is 0 Å². The Hall–Kier alpha value is 0.690. The molecule has 56 valence electrons. The minimum absolute atomic E-state index is 0. The first-order valence-electron chi connectivity index (χ1n) is 3.38. The molecule has 0 heterocycles. The highest BCUT2D eigenvalue weighted by atomic mass is 127. The molecule has 9 heavy (non-hydrogen) atoms. The third kappa shape index (κ3) is 5.15. The predicted octanol–water partition coefficient (Wildman–Crippen LogP) is 1.72. The number of hydrogen-bond acceptors (Lipinski definition) is 0. The molecule has 1 aliphatic rings. The normalized spacial score (nSPS) is 19.0. The quantitative estimate of drug-likeness (QED) is 0.511. The van der Waals surface area contributed by atoms with E-state index < -0.39 is 0 Å². The van der Waals surface area contributed by atoms with Crippen LogP contribution in [0.2, 0.25) is 0 Å². The fourth-order valence-corrected chi connectivity index (χ4v) is 1.08. The van der Waals surface area contributed by atoms with Gasteiger partial charge in [0.25, 0.3) is 0 Å². The number of rotatable bonds is 2. The summed E-state index contributed by atoms with van der Waals surface area (Å²) in [5.41, 5.74) is 0. The van der Waals surface area contributed by atoms with E-state index in [1.165, 1.54) is 19.4 Å². The van der Waals surface area contributed by atoms with Gasteiger partial charge in [-0.25, -0.2) is 0 Å². The number of nitrogens with zero attached hydrogens (tertiary/aromatic N) is 1. The van der Waals surface area contributed by atoms with Crippen molar-refractivity contribution in [3.05, 3.63) is 0 Å². The molecule has 0 aromatic carbocycles. The summed E-state index contributed by atoms with van der Waals surface area (Å²) in [5, 5.41) is 0. The first-order chi connectivity index (χ1) is 3.58. The standard InChI is InChI=1S/C7H16N.HI/c1-8(2,3)6-7-4-5-7;/h7H,4-6H2,1-3H3;1H/q+1;. The van der Waals surface area contributed by atoms with Crippen molar-refractivity contribution in [2.24, 2.45) is 5.92 Å². The van der Waals surface area contributed by atoms with Crippen LogP contribution in [0.1, 0.15) is 12.8 Å². The maximum atomic E-state index is 2.26. The Morgan fingerprint density at radius 1 is 1.22 bits per heavy atom. The van der Waals surface area contributed by atoms with Crippen molar-refractivity contribution in [1.29, 1.82) is 0 Å². The summed E-state index contributed by atoms with van der Waals surface area (Å²) < 4.78 is 1.14. The molecule has 0 aromatic rings. The lowest BCUT2D eigenvalue weighted by Crippen LogP contribution is -2.36. The molecule has 0 saturated heterocycles. The molecule has 2 heteroatoms. The average molecular weight is 242 g/mol. The molecule has 0 amide bonds. The second-order valence-electron chi connectivity index (χ2n) is 3.92. The van der Waals surface area contributed by atoms with Gasteiger partial charge >= 0.3 is 0 Å². The van der Waals surface area contributed by atoms with Crippen LogP contribution >= 0.6 is 24.0 Å². The molecule has 0 aromatic heterocycles. The maximum absolute atomic E-state index is 2.26. The van der Waals surface area contributed by atoms with Crippen LogP contribution in [0.3, 0.4) is 0 Å². The molecule has 0 aliphatic heterocycles. The third-order valence-corrected chi connectivity index (χ3v) is 1.50. The van der Waals surface area contributed by atoms with E-state index in [-0.39, 0.29) is 24.0 Å². The highest BCUT2D eigenvalue weighted by molar-refractivity contribution is 14.0. The molecule has 1 nitrogen and oxygen atoms in total. The molecular weight excluding hydrogens is 225 g/mol. The van der Waals surface area contributed by atoms with Gasteiger partial charge in [0.2, 0.25) is 0 Å². The van der Waals surface area contributed by atoms with Gasteiger partial charge in [0.1, 0.15) is 0 Å². The van der Waals surface area contributed by atoms with E-state index >= 15 is 0 Å². The molecule has 0 atom stereocenters. The van der Waals surface area contributed by atoms with E-state index in [2.05, 4.69) is 21.1 Å². The summed E-state index contributed by atoms with van der Waals surface area (Å²) in [4.78, 5) is 0. The molecule has 0 spiro atoms.